The zero-order valence-electron chi connectivity index (χ0n) is 14.5. The Labute approximate surface area is 170 Å². The maximum Gasteiger partial charge on any atom is 0.240 e. The summed E-state index contributed by atoms with van der Waals surface area (Å²) in [6, 6.07) is 11.2. The van der Waals surface area contributed by atoms with Crippen LogP contribution in [0.5, 0.6) is 0 Å². The molecule has 2 aromatic carbocycles. The highest BCUT2D eigenvalue weighted by Crippen LogP contribution is 2.16. The zero-order valence-corrected chi connectivity index (χ0v) is 17.7. The number of benzene rings is 2. The average molecular weight is 451 g/mol. The molecule has 6 nitrogen and oxygen atoms in total. The second-order valence-corrected chi connectivity index (χ2v) is 10.2. The molecule has 0 aromatic heterocycles. The maximum atomic E-state index is 12.4. The van der Waals surface area contributed by atoms with Crippen molar-refractivity contribution in [2.24, 2.45) is 0 Å². The normalized spacial score (nSPS) is 13.4. The minimum atomic E-state index is -3.71. The Morgan fingerprint density at radius 2 is 1.26 bits per heavy atom. The summed E-state index contributed by atoms with van der Waals surface area (Å²) in [5.74, 6) is 0. The van der Waals surface area contributed by atoms with Crippen LogP contribution in [0.4, 0.5) is 0 Å². The lowest BCUT2D eigenvalue weighted by Crippen LogP contribution is -2.37. The van der Waals surface area contributed by atoms with Gasteiger partial charge in [0, 0.05) is 22.6 Å². The lowest BCUT2D eigenvalue weighted by atomic mass is 10.2. The Bertz CT molecular complexity index is 961. The molecular weight excluding hydrogens is 431 g/mol. The number of hydrogen-bond donors (Lipinski definition) is 2. The quantitative estimate of drug-likeness (QED) is 0.611. The molecule has 0 saturated heterocycles. The van der Waals surface area contributed by atoms with Gasteiger partial charge in [-0.1, -0.05) is 30.1 Å². The van der Waals surface area contributed by atoms with Gasteiger partial charge in [0.15, 0.2) is 0 Å². The number of rotatable bonds is 9. The summed E-state index contributed by atoms with van der Waals surface area (Å²) in [6.45, 7) is 1.91. The number of sulfonamides is 2. The van der Waals surface area contributed by atoms with E-state index in [2.05, 4.69) is 9.44 Å². The molecule has 10 heteroatoms. The smallest absolute Gasteiger partial charge is 0.211 e. The summed E-state index contributed by atoms with van der Waals surface area (Å²) >= 11 is 11.5. The fourth-order valence-corrected chi connectivity index (χ4v) is 4.97. The van der Waals surface area contributed by atoms with Gasteiger partial charge in [0.1, 0.15) is 0 Å². The molecule has 2 N–H and O–H groups in total. The molecule has 0 aliphatic carbocycles. The van der Waals surface area contributed by atoms with Gasteiger partial charge >= 0.3 is 0 Å². The van der Waals surface area contributed by atoms with Crippen LogP contribution in [0.1, 0.15) is 19.8 Å². The summed E-state index contributed by atoms with van der Waals surface area (Å²) in [6.07, 6.45) is 0.811. The predicted octanol–water partition coefficient (Wildman–Crippen LogP) is 3.42. The van der Waals surface area contributed by atoms with E-state index in [1.165, 1.54) is 48.5 Å². The van der Waals surface area contributed by atoms with Crippen molar-refractivity contribution in [1.82, 2.24) is 9.44 Å². The molecule has 0 heterocycles. The monoisotopic (exact) mass is 450 g/mol. The Morgan fingerprint density at radius 1 is 0.815 bits per heavy atom. The molecule has 2 rings (SSSR count). The molecule has 2 aromatic rings. The van der Waals surface area contributed by atoms with Crippen molar-refractivity contribution in [3.8, 4) is 0 Å². The first-order valence-corrected chi connectivity index (χ1v) is 11.9. The van der Waals surface area contributed by atoms with Crippen molar-refractivity contribution in [2.75, 3.05) is 6.54 Å². The molecule has 0 aliphatic heterocycles. The van der Waals surface area contributed by atoms with Crippen molar-refractivity contribution in [3.63, 3.8) is 0 Å². The van der Waals surface area contributed by atoms with Crippen LogP contribution in [-0.2, 0) is 20.0 Å². The second-order valence-electron chi connectivity index (χ2n) is 5.82. The largest absolute Gasteiger partial charge is 0.240 e. The first kappa shape index (κ1) is 22.1. The molecule has 0 unspecified atom stereocenters. The standard InChI is InChI=1S/C17H20Cl2N2O4S2/c1-2-15(21-27(24,25)17-9-5-14(19)6-10-17)11-12-20-26(22,23)16-7-3-13(18)4-8-16/h3-10,15,20-21H,2,11-12H2,1H3/t15-/m0/s1. The highest BCUT2D eigenvalue weighted by molar-refractivity contribution is 7.89. The predicted molar refractivity (Wildman–Crippen MR) is 107 cm³/mol. The van der Waals surface area contributed by atoms with E-state index in [1.807, 2.05) is 6.92 Å². The Morgan fingerprint density at radius 3 is 1.70 bits per heavy atom. The molecule has 0 fully saturated rings. The third kappa shape index (κ3) is 6.44. The first-order valence-electron chi connectivity index (χ1n) is 8.17. The van der Waals surface area contributed by atoms with Crippen LogP contribution in [0.3, 0.4) is 0 Å². The molecule has 0 aliphatic rings. The van der Waals surface area contributed by atoms with Gasteiger partial charge in [-0.2, -0.15) is 0 Å². The van der Waals surface area contributed by atoms with E-state index in [9.17, 15) is 16.8 Å². The van der Waals surface area contributed by atoms with E-state index in [1.54, 1.807) is 0 Å². The van der Waals surface area contributed by atoms with Crippen LogP contribution in [0, 0.1) is 0 Å². The van der Waals surface area contributed by atoms with Gasteiger partial charge in [0.2, 0.25) is 20.0 Å². The van der Waals surface area contributed by atoms with E-state index in [0.29, 0.717) is 22.9 Å². The van der Waals surface area contributed by atoms with Crippen molar-refractivity contribution >= 4 is 43.2 Å². The SMILES string of the molecule is CC[C@@H](CCNS(=O)(=O)c1ccc(Cl)cc1)NS(=O)(=O)c1ccc(Cl)cc1. The molecule has 0 amide bonds. The van der Waals surface area contributed by atoms with Crippen molar-refractivity contribution in [3.05, 3.63) is 58.6 Å². The molecule has 0 bridgehead atoms. The van der Waals surface area contributed by atoms with Crippen molar-refractivity contribution in [1.29, 1.82) is 0 Å². The zero-order chi connectivity index (χ0) is 20.1. The van der Waals surface area contributed by atoms with Gasteiger partial charge in [-0.25, -0.2) is 26.3 Å². The lowest BCUT2D eigenvalue weighted by Gasteiger charge is -2.17. The maximum absolute atomic E-state index is 12.4. The van der Waals surface area contributed by atoms with Gasteiger partial charge < -0.3 is 0 Å². The van der Waals surface area contributed by atoms with Crippen LogP contribution >= 0.6 is 23.2 Å². The van der Waals surface area contributed by atoms with E-state index < -0.39 is 26.1 Å². The number of nitrogens with one attached hydrogen (secondary N) is 2. The van der Waals surface area contributed by atoms with Gasteiger partial charge in [-0.05, 0) is 61.4 Å². The summed E-state index contributed by atoms with van der Waals surface area (Å²) in [7, 11) is -7.39. The molecule has 0 saturated carbocycles. The van der Waals surface area contributed by atoms with Crippen molar-refractivity contribution in [2.45, 2.75) is 35.6 Å². The third-order valence-corrected chi connectivity index (χ3v) is 7.36. The van der Waals surface area contributed by atoms with E-state index >= 15 is 0 Å². The molecule has 0 spiro atoms. The lowest BCUT2D eigenvalue weighted by molar-refractivity contribution is 0.511. The van der Waals surface area contributed by atoms with E-state index in [0.717, 1.165) is 0 Å². The summed E-state index contributed by atoms with van der Waals surface area (Å²) in [5, 5.41) is 0.884. The average Bonchev–Trinajstić information content (AvgIpc) is 2.61. The van der Waals surface area contributed by atoms with Gasteiger partial charge in [-0.15, -0.1) is 0 Å². The summed E-state index contributed by atoms with van der Waals surface area (Å²) in [4.78, 5) is 0.203. The fraction of sp³-hybridized carbons (Fsp3) is 0.294. The fourth-order valence-electron chi connectivity index (χ4n) is 2.31. The van der Waals surface area contributed by atoms with E-state index in [-0.39, 0.29) is 16.3 Å². The van der Waals surface area contributed by atoms with Crippen LogP contribution in [-0.4, -0.2) is 29.4 Å². The van der Waals surface area contributed by atoms with E-state index in [4.69, 9.17) is 23.2 Å². The van der Waals surface area contributed by atoms with Crippen LogP contribution in [0.2, 0.25) is 10.0 Å². The third-order valence-electron chi connectivity index (χ3n) is 3.85. The second kappa shape index (κ2) is 9.36. The minimum Gasteiger partial charge on any atom is -0.211 e. The topological polar surface area (TPSA) is 92.3 Å². The minimum absolute atomic E-state index is 0.0899. The first-order chi connectivity index (χ1) is 12.6. The Hall–Kier alpha value is -1.16. The summed E-state index contributed by atoms with van der Waals surface area (Å²) < 4.78 is 54.4. The number of halogens is 2. The molecule has 0 radical (unpaired) electrons. The van der Waals surface area contributed by atoms with Crippen LogP contribution < -0.4 is 9.44 Å². The molecule has 1 atom stereocenters. The van der Waals surface area contributed by atoms with Crippen LogP contribution in [0.15, 0.2) is 58.3 Å². The van der Waals surface area contributed by atoms with Crippen molar-refractivity contribution < 1.29 is 16.8 Å². The Kier molecular flexibility index (Phi) is 7.67. The summed E-state index contributed by atoms with van der Waals surface area (Å²) in [5.41, 5.74) is 0. The molecule has 148 valence electrons. The van der Waals surface area contributed by atoms with Gasteiger partial charge in [-0.3, -0.25) is 0 Å². The number of hydrogen-bond acceptors (Lipinski definition) is 4. The van der Waals surface area contributed by atoms with Crippen LogP contribution in [0.25, 0.3) is 0 Å². The molecule has 27 heavy (non-hydrogen) atoms. The highest BCUT2D eigenvalue weighted by Gasteiger charge is 2.20. The Balaban J connectivity index is 1.97. The van der Waals surface area contributed by atoms with Gasteiger partial charge in [0.25, 0.3) is 0 Å². The molecular formula is C17H20Cl2N2O4S2. The van der Waals surface area contributed by atoms with Gasteiger partial charge in [0.05, 0.1) is 9.79 Å². The highest BCUT2D eigenvalue weighted by atomic mass is 35.5.